The van der Waals surface area contributed by atoms with E-state index in [-0.39, 0.29) is 0 Å². The van der Waals surface area contributed by atoms with Gasteiger partial charge in [0.1, 0.15) is 12.4 Å². The van der Waals surface area contributed by atoms with Gasteiger partial charge in [0.25, 0.3) is 0 Å². The van der Waals surface area contributed by atoms with Crippen molar-refractivity contribution >= 4 is 43.5 Å². The summed E-state index contributed by atoms with van der Waals surface area (Å²) in [4.78, 5) is 0. The van der Waals surface area contributed by atoms with Crippen molar-refractivity contribution < 1.29 is 4.74 Å². The van der Waals surface area contributed by atoms with E-state index in [1.54, 1.807) is 0 Å². The minimum atomic E-state index is 0.434. The highest BCUT2D eigenvalue weighted by Gasteiger charge is 2.10. The average molecular weight is 434 g/mol. The van der Waals surface area contributed by atoms with Crippen LogP contribution in [0.5, 0.6) is 5.75 Å². The number of hydrogen-bond acceptors (Lipinski definition) is 2. The van der Waals surface area contributed by atoms with Crippen molar-refractivity contribution in [1.29, 1.82) is 0 Å². The first-order chi connectivity index (χ1) is 10.1. The molecule has 2 nitrogen and oxygen atoms in total. The van der Waals surface area contributed by atoms with Crippen LogP contribution >= 0.6 is 43.5 Å². The first-order valence-corrected chi connectivity index (χ1v) is 8.63. The topological polar surface area (TPSA) is 21.3 Å². The number of ether oxygens (including phenoxy) is 1. The molecule has 2 aromatic rings. The fraction of sp³-hybridized carbons (Fsp3) is 0.250. The average Bonchev–Trinajstić information content (AvgIpc) is 2.46. The maximum atomic E-state index is 6.14. The fourth-order valence-corrected chi connectivity index (χ4v) is 3.59. The minimum Gasteiger partial charge on any atom is -0.486 e. The van der Waals surface area contributed by atoms with E-state index in [1.165, 1.54) is 5.56 Å². The number of rotatable bonds is 6. The smallest absolute Gasteiger partial charge is 0.148 e. The molecule has 112 valence electrons. The summed E-state index contributed by atoms with van der Waals surface area (Å²) in [6.07, 6.45) is 0. The second-order valence-corrected chi connectivity index (χ2v) is 6.66. The van der Waals surface area contributed by atoms with E-state index in [1.807, 2.05) is 24.3 Å². The molecule has 0 aliphatic rings. The predicted octanol–water partition coefficient (Wildman–Crippen LogP) is 5.55. The summed E-state index contributed by atoms with van der Waals surface area (Å²) in [5.74, 6) is 0.787. The van der Waals surface area contributed by atoms with Gasteiger partial charge < -0.3 is 10.1 Å². The normalized spacial score (nSPS) is 10.7. The van der Waals surface area contributed by atoms with E-state index in [4.69, 9.17) is 16.3 Å². The molecular weight excluding hydrogens is 417 g/mol. The number of nitrogens with one attached hydrogen (secondary N) is 1. The Balaban J connectivity index is 2.12. The molecule has 0 atom stereocenters. The van der Waals surface area contributed by atoms with Crippen LogP contribution in [0.4, 0.5) is 0 Å². The molecule has 0 unspecified atom stereocenters. The second-order valence-electron chi connectivity index (χ2n) is 4.55. The van der Waals surface area contributed by atoms with Crippen LogP contribution in [0.15, 0.2) is 45.3 Å². The molecule has 0 spiro atoms. The highest BCUT2D eigenvalue weighted by molar-refractivity contribution is 9.11. The first kappa shape index (κ1) is 16.8. The van der Waals surface area contributed by atoms with Crippen LogP contribution < -0.4 is 10.1 Å². The Morgan fingerprint density at radius 2 is 1.81 bits per heavy atom. The number of hydrogen-bond donors (Lipinski definition) is 1. The third-order valence-electron chi connectivity index (χ3n) is 2.97. The van der Waals surface area contributed by atoms with Gasteiger partial charge >= 0.3 is 0 Å². The fourth-order valence-electron chi connectivity index (χ4n) is 1.89. The van der Waals surface area contributed by atoms with Crippen LogP contribution in [0.1, 0.15) is 18.1 Å². The van der Waals surface area contributed by atoms with Crippen molar-refractivity contribution in [2.45, 2.75) is 20.1 Å². The van der Waals surface area contributed by atoms with Crippen LogP contribution in [0.2, 0.25) is 5.02 Å². The van der Waals surface area contributed by atoms with Crippen LogP contribution in [0, 0.1) is 0 Å². The van der Waals surface area contributed by atoms with E-state index >= 15 is 0 Å². The highest BCUT2D eigenvalue weighted by Crippen LogP contribution is 2.35. The summed E-state index contributed by atoms with van der Waals surface area (Å²) in [5, 5.41) is 4.02. The molecule has 1 N–H and O–H groups in total. The Morgan fingerprint density at radius 3 is 2.43 bits per heavy atom. The standard InChI is InChI=1S/C16H16Br2ClNO/c1-2-20-9-11-7-13(17)16(14(18)8-11)21-10-12-5-3-4-6-15(12)19/h3-8,20H,2,9-10H2,1H3. The summed E-state index contributed by atoms with van der Waals surface area (Å²) < 4.78 is 7.75. The third kappa shape index (κ3) is 4.71. The maximum absolute atomic E-state index is 6.14. The van der Waals surface area contributed by atoms with E-state index in [9.17, 15) is 0 Å². The van der Waals surface area contributed by atoms with Gasteiger partial charge in [-0.3, -0.25) is 0 Å². The summed E-state index contributed by atoms with van der Waals surface area (Å²) in [5.41, 5.74) is 2.16. The van der Waals surface area contributed by atoms with Gasteiger partial charge in [0.15, 0.2) is 0 Å². The molecule has 0 amide bonds. The number of benzene rings is 2. The van der Waals surface area contributed by atoms with Gasteiger partial charge in [0.2, 0.25) is 0 Å². The molecule has 0 heterocycles. The lowest BCUT2D eigenvalue weighted by Gasteiger charge is -2.13. The molecule has 5 heteroatoms. The van der Waals surface area contributed by atoms with Crippen LogP contribution in [-0.2, 0) is 13.2 Å². The van der Waals surface area contributed by atoms with Crippen LogP contribution in [0.3, 0.4) is 0 Å². The Bertz CT molecular complexity index is 596. The summed E-state index contributed by atoms with van der Waals surface area (Å²) in [6.45, 7) is 4.30. The van der Waals surface area contributed by atoms with E-state index in [0.29, 0.717) is 11.6 Å². The molecular formula is C16H16Br2ClNO. The molecule has 0 aliphatic heterocycles. The monoisotopic (exact) mass is 431 g/mol. The first-order valence-electron chi connectivity index (χ1n) is 6.66. The van der Waals surface area contributed by atoms with Gasteiger partial charge in [-0.1, -0.05) is 36.7 Å². The predicted molar refractivity (Wildman–Crippen MR) is 95.0 cm³/mol. The largest absolute Gasteiger partial charge is 0.486 e. The molecule has 0 saturated heterocycles. The number of halogens is 3. The van der Waals surface area contributed by atoms with E-state index in [2.05, 4.69) is 56.2 Å². The van der Waals surface area contributed by atoms with Crippen molar-refractivity contribution in [3.05, 3.63) is 61.5 Å². The van der Waals surface area contributed by atoms with Gasteiger partial charge in [0, 0.05) is 17.1 Å². The second kappa shape index (κ2) is 8.18. The van der Waals surface area contributed by atoms with Gasteiger partial charge in [-0.2, -0.15) is 0 Å². The molecule has 0 radical (unpaired) electrons. The summed E-state index contributed by atoms with van der Waals surface area (Å²) >= 11 is 13.3. The molecule has 0 fully saturated rings. The third-order valence-corrected chi connectivity index (χ3v) is 4.51. The van der Waals surface area contributed by atoms with Crippen molar-refractivity contribution in [2.24, 2.45) is 0 Å². The van der Waals surface area contributed by atoms with Crippen molar-refractivity contribution in [2.75, 3.05) is 6.54 Å². The van der Waals surface area contributed by atoms with Crippen molar-refractivity contribution in [3.63, 3.8) is 0 Å². The summed E-state index contributed by atoms with van der Waals surface area (Å²) in [6, 6.07) is 11.8. The summed E-state index contributed by atoms with van der Waals surface area (Å²) in [7, 11) is 0. The highest BCUT2D eigenvalue weighted by atomic mass is 79.9. The Hall–Kier alpha value is -0.550. The quantitative estimate of drug-likeness (QED) is 0.645. The molecule has 21 heavy (non-hydrogen) atoms. The van der Waals surface area contributed by atoms with Gasteiger partial charge in [-0.05, 0) is 62.2 Å². The van der Waals surface area contributed by atoms with Gasteiger partial charge in [-0.15, -0.1) is 0 Å². The van der Waals surface area contributed by atoms with Crippen LogP contribution in [-0.4, -0.2) is 6.54 Å². The zero-order valence-corrected chi connectivity index (χ0v) is 15.6. The zero-order chi connectivity index (χ0) is 15.2. The molecule has 0 aliphatic carbocycles. The Morgan fingerprint density at radius 1 is 1.14 bits per heavy atom. The maximum Gasteiger partial charge on any atom is 0.148 e. The molecule has 0 bridgehead atoms. The lowest BCUT2D eigenvalue weighted by molar-refractivity contribution is 0.302. The molecule has 0 saturated carbocycles. The molecule has 0 aromatic heterocycles. The molecule has 2 rings (SSSR count). The van der Waals surface area contributed by atoms with E-state index < -0.39 is 0 Å². The zero-order valence-electron chi connectivity index (χ0n) is 11.6. The van der Waals surface area contributed by atoms with E-state index in [0.717, 1.165) is 33.3 Å². The Kier molecular flexibility index (Phi) is 6.55. The Labute approximate surface area is 147 Å². The van der Waals surface area contributed by atoms with Gasteiger partial charge in [0.05, 0.1) is 8.95 Å². The SMILES string of the molecule is CCNCc1cc(Br)c(OCc2ccccc2Cl)c(Br)c1. The van der Waals surface area contributed by atoms with Crippen molar-refractivity contribution in [1.82, 2.24) is 5.32 Å². The lowest BCUT2D eigenvalue weighted by atomic mass is 10.2. The van der Waals surface area contributed by atoms with Crippen LogP contribution in [0.25, 0.3) is 0 Å². The van der Waals surface area contributed by atoms with Gasteiger partial charge in [-0.25, -0.2) is 0 Å². The van der Waals surface area contributed by atoms with Crippen molar-refractivity contribution in [3.8, 4) is 5.75 Å². The lowest BCUT2D eigenvalue weighted by Crippen LogP contribution is -2.11. The minimum absolute atomic E-state index is 0.434. The molecule has 2 aromatic carbocycles.